The minimum Gasteiger partial charge on any atom is -0.0917 e. The zero-order valence-corrected chi connectivity index (χ0v) is 16.3. The summed E-state index contributed by atoms with van der Waals surface area (Å²) in [5, 5.41) is 0. The van der Waals surface area contributed by atoms with Gasteiger partial charge in [-0.1, -0.05) is 72.8 Å². The third-order valence-electron chi connectivity index (χ3n) is 5.74. The Kier molecular flexibility index (Phi) is 6.89. The number of rotatable bonds is 6. The van der Waals surface area contributed by atoms with E-state index in [1.807, 2.05) is 0 Å². The first-order valence-electron chi connectivity index (χ1n) is 10.2. The van der Waals surface area contributed by atoms with Crippen LogP contribution >= 0.6 is 0 Å². The highest BCUT2D eigenvalue weighted by atomic mass is 14.3. The van der Waals surface area contributed by atoms with Gasteiger partial charge in [-0.2, -0.15) is 0 Å². The molecule has 0 aromatic heterocycles. The molecule has 0 nitrogen and oxygen atoms in total. The van der Waals surface area contributed by atoms with E-state index < -0.39 is 0 Å². The van der Waals surface area contributed by atoms with Crippen molar-refractivity contribution in [1.82, 2.24) is 0 Å². The molecule has 0 heteroatoms. The van der Waals surface area contributed by atoms with Gasteiger partial charge in [-0.15, -0.1) is 0 Å². The molecule has 3 rings (SSSR count). The molecule has 0 saturated heterocycles. The summed E-state index contributed by atoms with van der Waals surface area (Å²) in [6, 6.07) is 18.4. The van der Waals surface area contributed by atoms with E-state index in [2.05, 4.69) is 86.7 Å². The molecule has 0 bridgehead atoms. The lowest BCUT2D eigenvalue weighted by atomic mass is 9.78. The second kappa shape index (κ2) is 9.57. The Morgan fingerprint density at radius 2 is 1.38 bits per heavy atom. The normalized spacial score (nSPS) is 20.8. The number of hydrogen-bond acceptors (Lipinski definition) is 0. The minimum absolute atomic E-state index is 0.750. The van der Waals surface area contributed by atoms with Crippen LogP contribution in [0.15, 0.2) is 72.8 Å². The predicted octanol–water partition coefficient (Wildman–Crippen LogP) is 7.71. The number of allylic oxidation sites excluding steroid dienone is 4. The van der Waals surface area contributed by atoms with Crippen LogP contribution in [0.5, 0.6) is 0 Å². The fraction of sp³-hybridized carbons (Fsp3) is 0.385. The Labute approximate surface area is 159 Å². The Bertz CT molecular complexity index is 708. The van der Waals surface area contributed by atoms with Crippen molar-refractivity contribution in [2.75, 3.05) is 0 Å². The van der Waals surface area contributed by atoms with Gasteiger partial charge in [0, 0.05) is 0 Å². The fourth-order valence-electron chi connectivity index (χ4n) is 4.15. The highest BCUT2D eigenvalue weighted by molar-refractivity contribution is 5.64. The summed E-state index contributed by atoms with van der Waals surface area (Å²) >= 11 is 0. The van der Waals surface area contributed by atoms with Crippen molar-refractivity contribution < 1.29 is 0 Å². The molecule has 1 fully saturated rings. The summed E-state index contributed by atoms with van der Waals surface area (Å²) in [5.41, 5.74) is 5.59. The molecule has 1 aliphatic rings. The van der Waals surface area contributed by atoms with Gasteiger partial charge in [0.2, 0.25) is 0 Å². The summed E-state index contributed by atoms with van der Waals surface area (Å²) in [6.45, 7) is 4.22. The molecule has 2 aromatic carbocycles. The van der Waals surface area contributed by atoms with Crippen LogP contribution in [0.1, 0.15) is 63.0 Å². The quantitative estimate of drug-likeness (QED) is 0.471. The average molecular weight is 345 g/mol. The van der Waals surface area contributed by atoms with Gasteiger partial charge in [0.1, 0.15) is 0 Å². The van der Waals surface area contributed by atoms with Crippen LogP contribution in [0, 0.1) is 5.92 Å². The standard InChI is InChI=1S/C26H32/c1-3-5-6-8-22-11-15-24(16-12-22)26-19-17-25(18-20-26)23-13-9-21(7-4-2)10-14-23/h3-5,7,11-12,15-21,23H,6,8-10,13-14H2,1-2H3/b5-3+,7-4+. The molecule has 0 aliphatic heterocycles. The molecular weight excluding hydrogens is 312 g/mol. The molecular formula is C26H32. The molecule has 2 aromatic rings. The molecule has 26 heavy (non-hydrogen) atoms. The van der Waals surface area contributed by atoms with Crippen LogP contribution in [-0.2, 0) is 6.42 Å². The molecule has 0 spiro atoms. The molecule has 0 radical (unpaired) electrons. The Balaban J connectivity index is 1.61. The van der Waals surface area contributed by atoms with Gasteiger partial charge in [-0.05, 0) is 86.5 Å². The predicted molar refractivity (Wildman–Crippen MR) is 115 cm³/mol. The van der Waals surface area contributed by atoms with Gasteiger partial charge in [0.25, 0.3) is 0 Å². The third kappa shape index (κ3) is 4.97. The second-order valence-corrected chi connectivity index (χ2v) is 7.56. The van der Waals surface area contributed by atoms with Crippen molar-refractivity contribution in [3.63, 3.8) is 0 Å². The summed E-state index contributed by atoms with van der Waals surface area (Å²) in [6.07, 6.45) is 16.6. The highest BCUT2D eigenvalue weighted by Gasteiger charge is 2.20. The molecule has 0 heterocycles. The van der Waals surface area contributed by atoms with Gasteiger partial charge < -0.3 is 0 Å². The number of benzene rings is 2. The minimum atomic E-state index is 0.750. The van der Waals surface area contributed by atoms with Crippen molar-refractivity contribution in [3.8, 4) is 11.1 Å². The van der Waals surface area contributed by atoms with Gasteiger partial charge in [0.05, 0.1) is 0 Å². The maximum atomic E-state index is 2.39. The first-order valence-corrected chi connectivity index (χ1v) is 10.2. The van der Waals surface area contributed by atoms with Crippen LogP contribution in [0.4, 0.5) is 0 Å². The summed E-state index contributed by atoms with van der Waals surface area (Å²) in [7, 11) is 0. The Morgan fingerprint density at radius 1 is 0.769 bits per heavy atom. The topological polar surface area (TPSA) is 0 Å². The van der Waals surface area contributed by atoms with E-state index in [4.69, 9.17) is 0 Å². The molecule has 1 aliphatic carbocycles. The van der Waals surface area contributed by atoms with Gasteiger partial charge >= 0.3 is 0 Å². The molecule has 0 N–H and O–H groups in total. The van der Waals surface area contributed by atoms with E-state index in [1.54, 1.807) is 0 Å². The fourth-order valence-corrected chi connectivity index (χ4v) is 4.15. The zero-order chi connectivity index (χ0) is 18.2. The largest absolute Gasteiger partial charge is 0.0917 e. The molecule has 1 saturated carbocycles. The molecule has 0 atom stereocenters. The van der Waals surface area contributed by atoms with E-state index in [1.165, 1.54) is 47.9 Å². The lowest BCUT2D eigenvalue weighted by Crippen LogP contribution is -2.11. The lowest BCUT2D eigenvalue weighted by Gasteiger charge is -2.27. The van der Waals surface area contributed by atoms with E-state index in [-0.39, 0.29) is 0 Å². The third-order valence-corrected chi connectivity index (χ3v) is 5.74. The summed E-state index contributed by atoms with van der Waals surface area (Å²) in [4.78, 5) is 0. The van der Waals surface area contributed by atoms with Crippen LogP contribution in [0.2, 0.25) is 0 Å². The van der Waals surface area contributed by atoms with Crippen LogP contribution in [0.25, 0.3) is 11.1 Å². The first-order chi connectivity index (χ1) is 12.8. The number of hydrogen-bond donors (Lipinski definition) is 0. The van der Waals surface area contributed by atoms with E-state index in [9.17, 15) is 0 Å². The highest BCUT2D eigenvalue weighted by Crippen LogP contribution is 2.36. The van der Waals surface area contributed by atoms with Crippen molar-refractivity contribution in [3.05, 3.63) is 84.0 Å². The number of aryl methyl sites for hydroxylation is 1. The smallest absolute Gasteiger partial charge is 0.0162 e. The Morgan fingerprint density at radius 3 is 1.96 bits per heavy atom. The van der Waals surface area contributed by atoms with Crippen molar-refractivity contribution in [2.24, 2.45) is 5.92 Å². The van der Waals surface area contributed by atoms with E-state index in [0.717, 1.165) is 24.7 Å². The van der Waals surface area contributed by atoms with Crippen LogP contribution in [0.3, 0.4) is 0 Å². The average Bonchev–Trinajstić information content (AvgIpc) is 2.70. The van der Waals surface area contributed by atoms with Crippen LogP contribution in [-0.4, -0.2) is 0 Å². The SMILES string of the molecule is C/C=C/CCc1ccc(-c2ccc(C3CCC(/C=C/C)CC3)cc2)cc1. The molecule has 136 valence electrons. The second-order valence-electron chi connectivity index (χ2n) is 7.56. The van der Waals surface area contributed by atoms with E-state index >= 15 is 0 Å². The maximum Gasteiger partial charge on any atom is -0.0162 e. The van der Waals surface area contributed by atoms with Crippen molar-refractivity contribution in [1.29, 1.82) is 0 Å². The van der Waals surface area contributed by atoms with Crippen LogP contribution < -0.4 is 0 Å². The first kappa shape index (κ1) is 18.7. The van der Waals surface area contributed by atoms with Crippen molar-refractivity contribution in [2.45, 2.75) is 58.3 Å². The summed E-state index contributed by atoms with van der Waals surface area (Å²) in [5.74, 6) is 1.56. The monoisotopic (exact) mass is 344 g/mol. The van der Waals surface area contributed by atoms with E-state index in [0.29, 0.717) is 0 Å². The zero-order valence-electron chi connectivity index (χ0n) is 16.3. The van der Waals surface area contributed by atoms with Gasteiger partial charge in [-0.3, -0.25) is 0 Å². The molecule has 0 unspecified atom stereocenters. The summed E-state index contributed by atoms with van der Waals surface area (Å²) < 4.78 is 0. The van der Waals surface area contributed by atoms with Gasteiger partial charge in [0.15, 0.2) is 0 Å². The van der Waals surface area contributed by atoms with Gasteiger partial charge in [-0.25, -0.2) is 0 Å². The maximum absolute atomic E-state index is 2.39. The molecule has 0 amide bonds. The Hall–Kier alpha value is -2.08. The van der Waals surface area contributed by atoms with Crippen molar-refractivity contribution >= 4 is 0 Å². The lowest BCUT2D eigenvalue weighted by molar-refractivity contribution is 0.376.